The Hall–Kier alpha value is -0.950. The number of rotatable bonds is 5. The maximum atomic E-state index is 10.3. The summed E-state index contributed by atoms with van der Waals surface area (Å²) in [6, 6.07) is 7.88. The predicted octanol–water partition coefficient (Wildman–Crippen LogP) is 0.135. The summed E-state index contributed by atoms with van der Waals surface area (Å²) >= 11 is 0. The van der Waals surface area contributed by atoms with Crippen LogP contribution in [0.15, 0.2) is 24.3 Å². The molecule has 1 aromatic rings. The smallest absolute Gasteiger partial charge is 0.257 e. The molecule has 0 amide bonds. The van der Waals surface area contributed by atoms with E-state index in [4.69, 9.17) is 0 Å². The average molecular weight is 270 g/mol. The first-order valence-corrected chi connectivity index (χ1v) is 7.12. The normalized spacial score (nSPS) is 17.2. The molecular weight excluding hydrogens is 252 g/mol. The zero-order valence-electron chi connectivity index (χ0n) is 10.2. The van der Waals surface area contributed by atoms with Crippen LogP contribution >= 0.6 is 0 Å². The van der Waals surface area contributed by atoms with E-state index in [-0.39, 0.29) is 6.61 Å². The van der Waals surface area contributed by atoms with E-state index >= 15 is 0 Å². The SMILES string of the molecule is O=[SH](=O)OCc1ccc(CN2CCNCC2)cc1. The first-order valence-electron chi connectivity index (χ1n) is 6.02. The molecule has 1 aliphatic rings. The summed E-state index contributed by atoms with van der Waals surface area (Å²) in [5.41, 5.74) is 2.12. The van der Waals surface area contributed by atoms with Crippen molar-refractivity contribution in [2.75, 3.05) is 26.2 Å². The Labute approximate surface area is 109 Å². The molecule has 18 heavy (non-hydrogen) atoms. The molecule has 6 heteroatoms. The molecule has 0 radical (unpaired) electrons. The standard InChI is InChI=1S/C12H18N2O3S/c15-18(16)17-10-12-3-1-11(2-4-12)9-14-7-5-13-6-8-14/h1-4,13,18H,5-10H2. The molecule has 0 aromatic heterocycles. The molecule has 1 aromatic carbocycles. The average Bonchev–Trinajstić information content (AvgIpc) is 2.39. The monoisotopic (exact) mass is 270 g/mol. The van der Waals surface area contributed by atoms with Crippen LogP contribution in [0.5, 0.6) is 0 Å². The summed E-state index contributed by atoms with van der Waals surface area (Å²) in [7, 11) is -2.76. The first-order chi connectivity index (χ1) is 8.74. The molecule has 0 atom stereocenters. The zero-order chi connectivity index (χ0) is 12.8. The van der Waals surface area contributed by atoms with Crippen LogP contribution in [0.3, 0.4) is 0 Å². The molecule has 0 bridgehead atoms. The molecule has 5 nitrogen and oxygen atoms in total. The molecule has 1 N–H and O–H groups in total. The van der Waals surface area contributed by atoms with Crippen molar-refractivity contribution in [3.05, 3.63) is 35.4 Å². The largest absolute Gasteiger partial charge is 0.314 e. The van der Waals surface area contributed by atoms with E-state index in [1.54, 1.807) is 0 Å². The molecule has 0 saturated carbocycles. The summed E-state index contributed by atoms with van der Waals surface area (Å²) in [5.74, 6) is 0. The number of nitrogens with one attached hydrogen (secondary N) is 1. The van der Waals surface area contributed by atoms with E-state index in [1.807, 2.05) is 24.3 Å². The molecule has 1 aliphatic heterocycles. The third-order valence-corrected chi connectivity index (χ3v) is 3.32. The van der Waals surface area contributed by atoms with Crippen molar-refractivity contribution in [3.63, 3.8) is 0 Å². The molecular formula is C12H18N2O3S. The molecule has 2 rings (SSSR count). The Balaban J connectivity index is 1.86. The maximum Gasteiger partial charge on any atom is 0.257 e. The van der Waals surface area contributed by atoms with Crippen molar-refractivity contribution in [1.29, 1.82) is 0 Å². The summed E-state index contributed by atoms with van der Waals surface area (Å²) in [4.78, 5) is 2.40. The van der Waals surface area contributed by atoms with Crippen molar-refractivity contribution in [1.82, 2.24) is 10.2 Å². The van der Waals surface area contributed by atoms with Crippen molar-refractivity contribution in [3.8, 4) is 0 Å². The fourth-order valence-electron chi connectivity index (χ4n) is 2.00. The second-order valence-electron chi connectivity index (χ2n) is 4.34. The lowest BCUT2D eigenvalue weighted by Crippen LogP contribution is -2.42. The highest BCUT2D eigenvalue weighted by atomic mass is 32.2. The van der Waals surface area contributed by atoms with Crippen LogP contribution in [0.4, 0.5) is 0 Å². The molecule has 1 fully saturated rings. The zero-order valence-corrected chi connectivity index (χ0v) is 11.1. The van der Waals surface area contributed by atoms with Crippen LogP contribution in [0, 0.1) is 0 Å². The lowest BCUT2D eigenvalue weighted by molar-refractivity contribution is 0.233. The van der Waals surface area contributed by atoms with Gasteiger partial charge >= 0.3 is 0 Å². The van der Waals surface area contributed by atoms with Crippen LogP contribution in [0.25, 0.3) is 0 Å². The van der Waals surface area contributed by atoms with Crippen molar-refractivity contribution in [2.24, 2.45) is 0 Å². The fraction of sp³-hybridized carbons (Fsp3) is 0.500. The molecule has 1 saturated heterocycles. The van der Waals surface area contributed by atoms with Crippen molar-refractivity contribution >= 4 is 11.0 Å². The third kappa shape index (κ3) is 4.38. The van der Waals surface area contributed by atoms with Crippen LogP contribution in [-0.2, 0) is 28.3 Å². The van der Waals surface area contributed by atoms with Gasteiger partial charge in [-0.2, -0.15) is 0 Å². The number of benzene rings is 1. The number of hydrogen-bond acceptors (Lipinski definition) is 5. The van der Waals surface area contributed by atoms with E-state index in [0.717, 1.165) is 38.3 Å². The summed E-state index contributed by atoms with van der Waals surface area (Å²) in [5, 5.41) is 3.32. The van der Waals surface area contributed by atoms with Gasteiger partial charge in [-0.15, -0.1) is 0 Å². The summed E-state index contributed by atoms with van der Waals surface area (Å²) < 4.78 is 25.2. The van der Waals surface area contributed by atoms with Crippen LogP contribution < -0.4 is 5.32 Å². The minimum Gasteiger partial charge on any atom is -0.314 e. The number of thiol groups is 1. The second kappa shape index (κ2) is 6.84. The van der Waals surface area contributed by atoms with Gasteiger partial charge in [0.2, 0.25) is 0 Å². The number of hydrogen-bond donors (Lipinski definition) is 2. The van der Waals surface area contributed by atoms with E-state index in [1.165, 1.54) is 5.56 Å². The van der Waals surface area contributed by atoms with Crippen LogP contribution in [-0.4, -0.2) is 39.5 Å². The molecule has 0 unspecified atom stereocenters. The van der Waals surface area contributed by atoms with Gasteiger partial charge in [0.15, 0.2) is 0 Å². The van der Waals surface area contributed by atoms with Crippen LogP contribution in [0.1, 0.15) is 11.1 Å². The van der Waals surface area contributed by atoms with Gasteiger partial charge in [0.1, 0.15) is 0 Å². The van der Waals surface area contributed by atoms with Gasteiger partial charge in [-0.1, -0.05) is 24.3 Å². The Kier molecular flexibility index (Phi) is 5.12. The maximum absolute atomic E-state index is 10.3. The van der Waals surface area contributed by atoms with Gasteiger partial charge in [0, 0.05) is 32.7 Å². The Morgan fingerprint density at radius 2 is 1.72 bits per heavy atom. The minimum absolute atomic E-state index is 0.118. The Morgan fingerprint density at radius 3 is 2.33 bits per heavy atom. The molecule has 100 valence electrons. The molecule has 1 heterocycles. The van der Waals surface area contributed by atoms with E-state index in [0.29, 0.717) is 0 Å². The fourth-order valence-corrected chi connectivity index (χ4v) is 2.25. The highest BCUT2D eigenvalue weighted by Crippen LogP contribution is 2.09. The van der Waals surface area contributed by atoms with Gasteiger partial charge in [-0.25, -0.2) is 8.42 Å². The number of nitrogens with zero attached hydrogens (tertiary/aromatic N) is 1. The van der Waals surface area contributed by atoms with Crippen molar-refractivity contribution in [2.45, 2.75) is 13.2 Å². The third-order valence-electron chi connectivity index (χ3n) is 2.98. The Bertz CT molecular complexity index is 431. The lowest BCUT2D eigenvalue weighted by Gasteiger charge is -2.27. The lowest BCUT2D eigenvalue weighted by atomic mass is 10.1. The van der Waals surface area contributed by atoms with Gasteiger partial charge < -0.3 is 5.32 Å². The van der Waals surface area contributed by atoms with Gasteiger partial charge in [0.25, 0.3) is 11.0 Å². The van der Waals surface area contributed by atoms with E-state index < -0.39 is 11.0 Å². The molecule has 0 aliphatic carbocycles. The minimum atomic E-state index is -2.76. The van der Waals surface area contributed by atoms with E-state index in [2.05, 4.69) is 14.4 Å². The van der Waals surface area contributed by atoms with Gasteiger partial charge in [-0.05, 0) is 11.1 Å². The first kappa shape index (κ1) is 13.5. The van der Waals surface area contributed by atoms with Crippen LogP contribution in [0.2, 0.25) is 0 Å². The van der Waals surface area contributed by atoms with Crippen molar-refractivity contribution < 1.29 is 12.6 Å². The summed E-state index contributed by atoms with van der Waals surface area (Å²) in [6.45, 7) is 5.29. The molecule has 0 spiro atoms. The highest BCUT2D eigenvalue weighted by Gasteiger charge is 2.09. The quantitative estimate of drug-likeness (QED) is 0.745. The van der Waals surface area contributed by atoms with E-state index in [9.17, 15) is 8.42 Å². The summed E-state index contributed by atoms with van der Waals surface area (Å²) in [6.07, 6.45) is 0. The highest BCUT2D eigenvalue weighted by molar-refractivity contribution is 7.67. The second-order valence-corrected chi connectivity index (χ2v) is 5.05. The Morgan fingerprint density at radius 1 is 1.11 bits per heavy atom. The predicted molar refractivity (Wildman–Crippen MR) is 69.7 cm³/mol. The topological polar surface area (TPSA) is 58.6 Å². The van der Waals surface area contributed by atoms with Gasteiger partial charge in [-0.3, -0.25) is 9.08 Å². The number of piperazine rings is 1. The van der Waals surface area contributed by atoms with Gasteiger partial charge in [0.05, 0.1) is 6.61 Å².